The van der Waals surface area contributed by atoms with E-state index in [0.29, 0.717) is 64.9 Å². The molecule has 0 saturated carbocycles. The van der Waals surface area contributed by atoms with Crippen LogP contribution in [-0.2, 0) is 0 Å². The minimum atomic E-state index is 0.493. The monoisotopic (exact) mass is 548 g/mol. The van der Waals surface area contributed by atoms with Crippen LogP contribution in [0.4, 0.5) is 0 Å². The Kier molecular flexibility index (Phi) is 9.62. The minimum absolute atomic E-state index is 0.493. The highest BCUT2D eigenvalue weighted by molar-refractivity contribution is 5.72. The maximum Gasteiger partial charge on any atom is 0.203 e. The van der Waals surface area contributed by atoms with Gasteiger partial charge in [0.15, 0.2) is 40.3 Å². The smallest absolute Gasteiger partial charge is 0.203 e. The van der Waals surface area contributed by atoms with Gasteiger partial charge in [-0.15, -0.1) is 0 Å². The molecule has 0 spiro atoms. The molecule has 0 N–H and O–H groups in total. The van der Waals surface area contributed by atoms with Crippen LogP contribution in [0.25, 0.3) is 22.6 Å². The van der Waals surface area contributed by atoms with Gasteiger partial charge in [0.1, 0.15) is 5.69 Å². The normalized spacial score (nSPS) is 10.7. The second-order valence-corrected chi connectivity index (χ2v) is 8.83. The standard InChI is InChI=1S/C31H34NO8/c1-20-9-11-24(33-2)27(15-20)38-13-7-8-14-39-28-16-21(10-12-25(28)34-3)26-19-23(32-40-26)22-17-29(35-4)31(37-6)30(18-22)36-5/h9-10,12,15-19H,7-8,13-14H2,1-6H3. The van der Waals surface area contributed by atoms with Gasteiger partial charge in [-0.2, -0.15) is 0 Å². The Morgan fingerprint density at radius 3 is 1.95 bits per heavy atom. The second kappa shape index (κ2) is 13.5. The Morgan fingerprint density at radius 1 is 0.675 bits per heavy atom. The lowest BCUT2D eigenvalue weighted by Gasteiger charge is -2.13. The van der Waals surface area contributed by atoms with Gasteiger partial charge in [-0.05, 0) is 67.8 Å². The van der Waals surface area contributed by atoms with E-state index in [2.05, 4.69) is 11.2 Å². The summed E-state index contributed by atoms with van der Waals surface area (Å²) in [5.41, 5.74) is 3.25. The van der Waals surface area contributed by atoms with Gasteiger partial charge in [-0.1, -0.05) is 5.16 Å². The molecular weight excluding hydrogens is 514 g/mol. The van der Waals surface area contributed by atoms with Crippen molar-refractivity contribution >= 4 is 0 Å². The van der Waals surface area contributed by atoms with Gasteiger partial charge < -0.3 is 37.7 Å². The first kappa shape index (κ1) is 28.5. The van der Waals surface area contributed by atoms with Crippen LogP contribution in [-0.4, -0.2) is 53.9 Å². The summed E-state index contributed by atoms with van der Waals surface area (Å²) in [7, 11) is 7.92. The van der Waals surface area contributed by atoms with E-state index in [1.54, 1.807) is 35.5 Å². The first-order valence-corrected chi connectivity index (χ1v) is 12.8. The van der Waals surface area contributed by atoms with E-state index in [-0.39, 0.29) is 0 Å². The summed E-state index contributed by atoms with van der Waals surface area (Å²) in [6.45, 7) is 3.02. The molecule has 4 aromatic rings. The highest BCUT2D eigenvalue weighted by atomic mass is 16.5. The van der Waals surface area contributed by atoms with Crippen molar-refractivity contribution in [2.24, 2.45) is 0 Å². The maximum absolute atomic E-state index is 6.06. The zero-order valence-electron chi connectivity index (χ0n) is 23.7. The van der Waals surface area contributed by atoms with Gasteiger partial charge in [0, 0.05) is 23.3 Å². The number of ether oxygens (including phenoxy) is 7. The fourth-order valence-corrected chi connectivity index (χ4v) is 4.12. The van der Waals surface area contributed by atoms with Crippen LogP contribution in [0.5, 0.6) is 40.2 Å². The van der Waals surface area contributed by atoms with Crippen LogP contribution in [0, 0.1) is 13.0 Å². The summed E-state index contributed by atoms with van der Waals surface area (Å²) in [5, 5.41) is 4.26. The van der Waals surface area contributed by atoms with Crippen LogP contribution < -0.4 is 33.2 Å². The molecule has 40 heavy (non-hydrogen) atoms. The summed E-state index contributed by atoms with van der Waals surface area (Å²) < 4.78 is 44.8. The topological polar surface area (TPSA) is 90.6 Å². The summed E-state index contributed by atoms with van der Waals surface area (Å²) in [6, 6.07) is 18.0. The lowest BCUT2D eigenvalue weighted by molar-refractivity contribution is 0.252. The van der Waals surface area contributed by atoms with Gasteiger partial charge in [-0.3, -0.25) is 0 Å². The molecule has 0 aliphatic rings. The predicted molar refractivity (Wildman–Crippen MR) is 150 cm³/mol. The fourth-order valence-electron chi connectivity index (χ4n) is 4.12. The summed E-state index contributed by atoms with van der Waals surface area (Å²) in [4.78, 5) is 0. The van der Waals surface area contributed by atoms with Gasteiger partial charge in [-0.25, -0.2) is 0 Å². The van der Waals surface area contributed by atoms with E-state index >= 15 is 0 Å². The van der Waals surface area contributed by atoms with Crippen molar-refractivity contribution in [3.05, 3.63) is 60.2 Å². The summed E-state index contributed by atoms with van der Waals surface area (Å²) in [6.07, 6.45) is 1.60. The van der Waals surface area contributed by atoms with E-state index in [1.807, 2.05) is 55.5 Å². The summed E-state index contributed by atoms with van der Waals surface area (Å²) in [5.74, 6) is 4.68. The molecule has 4 rings (SSSR count). The lowest BCUT2D eigenvalue weighted by atomic mass is 10.1. The SMILES string of the molecule is COc1[c]cc(C)cc1OCCCCOc1cc(-c2cc(-c3cc(OC)c(OC)c(OC)c3)no2)ccc1OC. The number of aryl methyl sites for hydroxylation is 1. The number of unbranched alkanes of at least 4 members (excludes halogenated alkanes) is 1. The van der Waals surface area contributed by atoms with Crippen LogP contribution in [0.3, 0.4) is 0 Å². The number of aromatic nitrogens is 1. The molecule has 3 aromatic carbocycles. The molecule has 0 aliphatic heterocycles. The van der Waals surface area contributed by atoms with Gasteiger partial charge in [0.2, 0.25) is 5.75 Å². The van der Waals surface area contributed by atoms with E-state index in [0.717, 1.165) is 29.5 Å². The number of benzene rings is 3. The molecule has 1 aromatic heterocycles. The molecule has 0 amide bonds. The quantitative estimate of drug-likeness (QED) is 0.166. The zero-order valence-corrected chi connectivity index (χ0v) is 23.7. The van der Waals surface area contributed by atoms with Crippen molar-refractivity contribution in [2.45, 2.75) is 19.8 Å². The van der Waals surface area contributed by atoms with Crippen LogP contribution in [0.15, 0.2) is 53.1 Å². The van der Waals surface area contributed by atoms with Crippen LogP contribution >= 0.6 is 0 Å². The summed E-state index contributed by atoms with van der Waals surface area (Å²) >= 11 is 0. The van der Waals surface area contributed by atoms with Gasteiger partial charge in [0.25, 0.3) is 0 Å². The van der Waals surface area contributed by atoms with Crippen molar-refractivity contribution in [3.8, 4) is 62.8 Å². The molecule has 1 heterocycles. The molecule has 9 nitrogen and oxygen atoms in total. The maximum atomic E-state index is 6.06. The zero-order chi connectivity index (χ0) is 28.5. The molecular formula is C31H34NO8. The Hall–Kier alpha value is -4.53. The molecule has 1 radical (unpaired) electrons. The third-order valence-electron chi connectivity index (χ3n) is 6.19. The molecule has 0 aliphatic carbocycles. The van der Waals surface area contributed by atoms with Crippen molar-refractivity contribution in [2.75, 3.05) is 48.8 Å². The Bertz CT molecular complexity index is 1390. The largest absolute Gasteiger partial charge is 0.493 e. The molecule has 0 atom stereocenters. The molecule has 211 valence electrons. The highest BCUT2D eigenvalue weighted by Gasteiger charge is 2.18. The van der Waals surface area contributed by atoms with Crippen molar-refractivity contribution in [1.29, 1.82) is 0 Å². The first-order valence-electron chi connectivity index (χ1n) is 12.8. The lowest BCUT2D eigenvalue weighted by Crippen LogP contribution is -2.04. The van der Waals surface area contributed by atoms with Crippen LogP contribution in [0.1, 0.15) is 18.4 Å². The molecule has 0 saturated heterocycles. The average molecular weight is 549 g/mol. The van der Waals surface area contributed by atoms with Crippen molar-refractivity contribution in [1.82, 2.24) is 5.16 Å². The van der Waals surface area contributed by atoms with E-state index in [9.17, 15) is 0 Å². The highest BCUT2D eigenvalue weighted by Crippen LogP contribution is 2.42. The molecule has 0 unspecified atom stereocenters. The Morgan fingerprint density at radius 2 is 1.32 bits per heavy atom. The average Bonchev–Trinajstić information content (AvgIpc) is 3.48. The number of rotatable bonds is 14. The van der Waals surface area contributed by atoms with Crippen LogP contribution in [0.2, 0.25) is 0 Å². The van der Waals surface area contributed by atoms with E-state index < -0.39 is 0 Å². The Balaban J connectivity index is 1.41. The molecule has 9 heteroatoms. The third kappa shape index (κ3) is 6.54. The van der Waals surface area contributed by atoms with Gasteiger partial charge >= 0.3 is 0 Å². The van der Waals surface area contributed by atoms with Gasteiger partial charge in [0.05, 0.1) is 48.8 Å². The minimum Gasteiger partial charge on any atom is -0.493 e. The van der Waals surface area contributed by atoms with E-state index in [1.165, 1.54) is 0 Å². The second-order valence-electron chi connectivity index (χ2n) is 8.83. The van der Waals surface area contributed by atoms with Crippen molar-refractivity contribution < 1.29 is 37.7 Å². The fraction of sp³-hybridized carbons (Fsp3) is 0.323. The Labute approximate surface area is 234 Å². The number of methoxy groups -OCH3 is 5. The molecule has 0 fully saturated rings. The number of hydrogen-bond acceptors (Lipinski definition) is 9. The van der Waals surface area contributed by atoms with E-state index in [4.69, 9.17) is 37.7 Å². The predicted octanol–water partition coefficient (Wildman–Crippen LogP) is 6.40. The van der Waals surface area contributed by atoms with Crippen molar-refractivity contribution in [3.63, 3.8) is 0 Å². The first-order chi connectivity index (χ1) is 19.5. The number of hydrogen-bond donors (Lipinski definition) is 0. The number of nitrogens with zero attached hydrogens (tertiary/aromatic N) is 1. The third-order valence-corrected chi connectivity index (χ3v) is 6.19. The molecule has 0 bridgehead atoms.